The van der Waals surface area contributed by atoms with Crippen molar-refractivity contribution in [3.8, 4) is 0 Å². The molecule has 0 saturated carbocycles. The summed E-state index contributed by atoms with van der Waals surface area (Å²) in [6, 6.07) is 8.05. The van der Waals surface area contributed by atoms with Crippen LogP contribution in [-0.2, 0) is 10.0 Å². The van der Waals surface area contributed by atoms with Gasteiger partial charge >= 0.3 is 0 Å². The maximum atomic E-state index is 13.7. The van der Waals surface area contributed by atoms with Gasteiger partial charge in [-0.25, -0.2) is 17.9 Å². The monoisotopic (exact) mass is 532 g/mol. The second kappa shape index (κ2) is 9.53. The van der Waals surface area contributed by atoms with Crippen LogP contribution >= 0.6 is 11.6 Å². The fourth-order valence-corrected chi connectivity index (χ4v) is 5.72. The normalized spacial score (nSPS) is 22.8. The number of sulfonamides is 1. The van der Waals surface area contributed by atoms with Crippen molar-refractivity contribution in [2.24, 2.45) is 5.92 Å². The molecule has 0 aliphatic carbocycles. The number of aliphatic hydroxyl groups excluding tert-OH is 1. The number of hydrogen-bond donors (Lipinski definition) is 2. The highest BCUT2D eigenvalue weighted by atomic mass is 35.5. The minimum absolute atomic E-state index is 0.177. The Hall–Kier alpha value is -2.89. The van der Waals surface area contributed by atoms with Gasteiger partial charge in [0.2, 0.25) is 10.0 Å². The first-order chi connectivity index (χ1) is 17.1. The van der Waals surface area contributed by atoms with Gasteiger partial charge in [0.1, 0.15) is 5.82 Å². The van der Waals surface area contributed by atoms with E-state index in [0.717, 1.165) is 43.6 Å². The number of nitrogens with one attached hydrogen (secondary N) is 1. The van der Waals surface area contributed by atoms with Crippen LogP contribution in [-0.4, -0.2) is 70.9 Å². The molecule has 3 atom stereocenters. The van der Waals surface area contributed by atoms with Gasteiger partial charge in [0.05, 0.1) is 41.5 Å². The van der Waals surface area contributed by atoms with E-state index in [0.29, 0.717) is 23.8 Å². The molecular weight excluding hydrogens is 504 g/mol. The molecule has 12 heteroatoms. The Morgan fingerprint density at radius 3 is 2.72 bits per heavy atom. The van der Waals surface area contributed by atoms with Crippen molar-refractivity contribution in [1.29, 1.82) is 0 Å². The number of carbonyl (C=O) groups is 1. The fourth-order valence-electron chi connectivity index (χ4n) is 4.98. The van der Waals surface area contributed by atoms with E-state index in [1.165, 1.54) is 12.1 Å². The standard InChI is InChI=1S/C24H29ClN6O4S/c1-15-12-29(14-21(15)32)23-9-8-22-26-19(13-31(22)27-23)20-5-3-4-10-30(20)24(33)17-11-16(25)6-7-18(17)28-36(2,34)35/h6-9,11,13,15,20-21,28,32H,3-5,10,12,14H2,1-2H3/t15-,20-,21+/m0/s1. The number of rotatable bonds is 5. The van der Waals surface area contributed by atoms with Crippen LogP contribution in [0, 0.1) is 5.92 Å². The van der Waals surface area contributed by atoms with Crippen LogP contribution in [0.2, 0.25) is 5.02 Å². The number of anilines is 2. The van der Waals surface area contributed by atoms with Gasteiger partial charge in [0, 0.05) is 30.6 Å². The summed E-state index contributed by atoms with van der Waals surface area (Å²) in [7, 11) is -3.59. The maximum Gasteiger partial charge on any atom is 0.256 e. The van der Waals surface area contributed by atoms with Crippen LogP contribution in [0.15, 0.2) is 36.5 Å². The summed E-state index contributed by atoms with van der Waals surface area (Å²) in [6.07, 6.45) is 5.02. The van der Waals surface area contributed by atoms with E-state index >= 15 is 0 Å². The molecule has 5 rings (SSSR count). The van der Waals surface area contributed by atoms with Crippen molar-refractivity contribution in [3.05, 3.63) is 52.8 Å². The summed E-state index contributed by atoms with van der Waals surface area (Å²) >= 11 is 6.17. The molecule has 0 bridgehead atoms. The van der Waals surface area contributed by atoms with Crippen molar-refractivity contribution in [2.45, 2.75) is 38.3 Å². The van der Waals surface area contributed by atoms with Gasteiger partial charge in [0.25, 0.3) is 5.91 Å². The number of halogens is 1. The number of benzene rings is 1. The lowest BCUT2D eigenvalue weighted by molar-refractivity contribution is 0.0607. The van der Waals surface area contributed by atoms with Crippen LogP contribution in [0.3, 0.4) is 0 Å². The van der Waals surface area contributed by atoms with E-state index in [1.807, 2.05) is 25.3 Å². The third-order valence-corrected chi connectivity index (χ3v) is 7.66. The lowest BCUT2D eigenvalue weighted by Gasteiger charge is -2.35. The molecule has 4 heterocycles. The number of amides is 1. The Balaban J connectivity index is 1.46. The molecule has 2 aliphatic rings. The van der Waals surface area contributed by atoms with Gasteiger partial charge in [-0.15, -0.1) is 5.10 Å². The lowest BCUT2D eigenvalue weighted by Crippen LogP contribution is -2.39. The van der Waals surface area contributed by atoms with Crippen LogP contribution in [0.5, 0.6) is 0 Å². The number of β-amino-alcohol motifs (C(OH)–C–C–N with tert-alkyl or cyclic N) is 1. The summed E-state index contributed by atoms with van der Waals surface area (Å²) in [5.41, 5.74) is 1.79. The largest absolute Gasteiger partial charge is 0.391 e. The van der Waals surface area contributed by atoms with Crippen molar-refractivity contribution in [2.75, 3.05) is 35.5 Å². The second-order valence-corrected chi connectivity index (χ2v) is 11.9. The van der Waals surface area contributed by atoms with Crippen LogP contribution in [0.4, 0.5) is 11.5 Å². The average Bonchev–Trinajstić information content (AvgIpc) is 3.41. The van der Waals surface area contributed by atoms with E-state index < -0.39 is 10.0 Å². The molecule has 2 aromatic heterocycles. The summed E-state index contributed by atoms with van der Waals surface area (Å²) in [4.78, 5) is 22.3. The van der Waals surface area contributed by atoms with Crippen molar-refractivity contribution >= 4 is 44.7 Å². The Morgan fingerprint density at radius 1 is 1.19 bits per heavy atom. The number of fused-ring (bicyclic) bond motifs is 1. The molecule has 0 spiro atoms. The first kappa shape index (κ1) is 24.8. The molecular formula is C24H29ClN6O4S. The minimum atomic E-state index is -3.59. The van der Waals surface area contributed by atoms with Crippen molar-refractivity contribution < 1.29 is 18.3 Å². The number of aromatic nitrogens is 3. The van der Waals surface area contributed by atoms with E-state index in [2.05, 4.69) is 9.62 Å². The highest BCUT2D eigenvalue weighted by Crippen LogP contribution is 2.34. The summed E-state index contributed by atoms with van der Waals surface area (Å²) in [5, 5.41) is 15.2. The Morgan fingerprint density at radius 2 is 2.00 bits per heavy atom. The Kier molecular flexibility index (Phi) is 6.56. The topological polar surface area (TPSA) is 120 Å². The van der Waals surface area contributed by atoms with E-state index in [4.69, 9.17) is 21.7 Å². The zero-order valence-electron chi connectivity index (χ0n) is 20.1. The SMILES string of the molecule is C[C@H]1CN(c2ccc3nc([C@@H]4CCCCN4C(=O)c4cc(Cl)ccc4NS(C)(=O)=O)cn3n2)C[C@H]1O. The number of nitrogens with zero attached hydrogens (tertiary/aromatic N) is 5. The number of carbonyl (C=O) groups excluding carboxylic acids is 1. The van der Waals surface area contributed by atoms with Gasteiger partial charge in [-0.1, -0.05) is 18.5 Å². The highest BCUT2D eigenvalue weighted by molar-refractivity contribution is 7.92. The molecule has 2 aliphatic heterocycles. The molecule has 10 nitrogen and oxygen atoms in total. The Labute approximate surface area is 214 Å². The van der Waals surface area contributed by atoms with E-state index in [-0.39, 0.29) is 35.2 Å². The van der Waals surface area contributed by atoms with Crippen LogP contribution in [0.1, 0.15) is 48.3 Å². The number of piperidine rings is 1. The average molecular weight is 533 g/mol. The second-order valence-electron chi connectivity index (χ2n) is 9.68. The van der Waals surface area contributed by atoms with Gasteiger partial charge < -0.3 is 14.9 Å². The molecule has 3 aromatic rings. The van der Waals surface area contributed by atoms with E-state index in [9.17, 15) is 18.3 Å². The van der Waals surface area contributed by atoms with E-state index in [1.54, 1.807) is 15.5 Å². The number of imidazole rings is 1. The predicted octanol–water partition coefficient (Wildman–Crippen LogP) is 2.94. The quantitative estimate of drug-likeness (QED) is 0.518. The van der Waals surface area contributed by atoms with Gasteiger partial charge in [-0.3, -0.25) is 9.52 Å². The summed E-state index contributed by atoms with van der Waals surface area (Å²) in [5.74, 6) is 0.636. The molecule has 1 aromatic carbocycles. The van der Waals surface area contributed by atoms with Crippen molar-refractivity contribution in [3.63, 3.8) is 0 Å². The first-order valence-electron chi connectivity index (χ1n) is 12.0. The third-order valence-electron chi connectivity index (χ3n) is 6.83. The van der Waals surface area contributed by atoms with Gasteiger partial charge in [-0.05, 0) is 49.6 Å². The summed E-state index contributed by atoms with van der Waals surface area (Å²) in [6.45, 7) is 3.81. The fraction of sp³-hybridized carbons (Fsp3) is 0.458. The smallest absolute Gasteiger partial charge is 0.256 e. The molecule has 2 saturated heterocycles. The molecule has 36 heavy (non-hydrogen) atoms. The van der Waals surface area contributed by atoms with Crippen LogP contribution < -0.4 is 9.62 Å². The molecule has 192 valence electrons. The zero-order chi connectivity index (χ0) is 25.6. The first-order valence-corrected chi connectivity index (χ1v) is 14.2. The maximum absolute atomic E-state index is 13.7. The molecule has 0 radical (unpaired) electrons. The number of aliphatic hydroxyl groups is 1. The zero-order valence-corrected chi connectivity index (χ0v) is 21.7. The predicted molar refractivity (Wildman–Crippen MR) is 138 cm³/mol. The molecule has 1 amide bonds. The number of likely N-dealkylation sites (tertiary alicyclic amines) is 1. The van der Waals surface area contributed by atoms with Gasteiger partial charge in [-0.2, -0.15) is 0 Å². The highest BCUT2D eigenvalue weighted by Gasteiger charge is 2.33. The molecule has 2 fully saturated rings. The third kappa shape index (κ3) is 5.00. The Bertz CT molecular complexity index is 1400. The molecule has 0 unspecified atom stereocenters. The van der Waals surface area contributed by atoms with Crippen molar-refractivity contribution in [1.82, 2.24) is 19.5 Å². The minimum Gasteiger partial charge on any atom is -0.391 e. The molecule has 2 N–H and O–H groups in total. The van der Waals surface area contributed by atoms with Crippen LogP contribution in [0.25, 0.3) is 5.65 Å². The number of hydrogen-bond acceptors (Lipinski definition) is 7. The summed E-state index contributed by atoms with van der Waals surface area (Å²) < 4.78 is 27.9. The lowest BCUT2D eigenvalue weighted by atomic mass is 9.98. The van der Waals surface area contributed by atoms with Gasteiger partial charge in [0.15, 0.2) is 5.65 Å².